The summed E-state index contributed by atoms with van der Waals surface area (Å²) < 4.78 is 5.53. The van der Waals surface area contributed by atoms with Crippen LogP contribution in [0.4, 0.5) is 5.69 Å². The van der Waals surface area contributed by atoms with Crippen LogP contribution in [0.1, 0.15) is 61.6 Å². The third kappa shape index (κ3) is 5.43. The molecule has 7 nitrogen and oxygen atoms in total. The zero-order valence-corrected chi connectivity index (χ0v) is 22.8. The molecule has 3 aromatic carbocycles. The molecule has 1 heterocycles. The molecule has 0 saturated carbocycles. The molecule has 0 bridgehead atoms. The number of aliphatic hydroxyl groups is 1. The second kappa shape index (κ2) is 10.8. The first-order valence-electron chi connectivity index (χ1n) is 12.9. The molecule has 1 aliphatic rings. The number of carbonyl (C=O) groups is 3. The lowest BCUT2D eigenvalue weighted by Gasteiger charge is -2.26. The van der Waals surface area contributed by atoms with E-state index in [0.29, 0.717) is 28.1 Å². The number of aryl methyl sites for hydroxylation is 1. The van der Waals surface area contributed by atoms with Gasteiger partial charge in [-0.15, -0.1) is 0 Å². The summed E-state index contributed by atoms with van der Waals surface area (Å²) in [5.41, 5.74) is 3.72. The maximum Gasteiger partial charge on any atom is 0.307 e. The number of ketones is 1. The number of Topliss-reactive ketones (excluding diaryl/α,β-unsaturated/α-hetero) is 1. The largest absolute Gasteiger partial charge is 0.507 e. The number of methoxy groups -OCH3 is 1. The van der Waals surface area contributed by atoms with E-state index >= 15 is 0 Å². The smallest absolute Gasteiger partial charge is 0.307 e. The van der Waals surface area contributed by atoms with E-state index in [9.17, 15) is 19.5 Å². The Kier molecular flexibility index (Phi) is 7.63. The van der Waals surface area contributed by atoms with Gasteiger partial charge in [-0.2, -0.15) is 0 Å². The molecule has 1 atom stereocenters. The van der Waals surface area contributed by atoms with Crippen molar-refractivity contribution >= 4 is 29.1 Å². The first-order valence-corrected chi connectivity index (χ1v) is 12.9. The van der Waals surface area contributed by atoms with Crippen LogP contribution in [0.5, 0.6) is 5.75 Å². The van der Waals surface area contributed by atoms with E-state index in [-0.39, 0.29) is 23.2 Å². The summed E-state index contributed by atoms with van der Waals surface area (Å²) in [5.74, 6) is -2.49. The van der Waals surface area contributed by atoms with Crippen LogP contribution < -0.4 is 9.64 Å². The van der Waals surface area contributed by atoms with Gasteiger partial charge in [-0.25, -0.2) is 0 Å². The Bertz CT molecular complexity index is 1450. The molecule has 39 heavy (non-hydrogen) atoms. The van der Waals surface area contributed by atoms with Crippen molar-refractivity contribution in [3.8, 4) is 5.75 Å². The summed E-state index contributed by atoms with van der Waals surface area (Å²) in [6.07, 6.45) is 0.660. The summed E-state index contributed by atoms with van der Waals surface area (Å²) >= 11 is 0. The van der Waals surface area contributed by atoms with Crippen LogP contribution >= 0.6 is 0 Å². The molecule has 0 aromatic heterocycles. The fourth-order valence-corrected chi connectivity index (χ4v) is 4.80. The van der Waals surface area contributed by atoms with Gasteiger partial charge in [0.25, 0.3) is 11.7 Å². The van der Waals surface area contributed by atoms with Crippen LogP contribution in [-0.2, 0) is 32.6 Å². The summed E-state index contributed by atoms with van der Waals surface area (Å²) in [6, 6.07) is 18.6. The van der Waals surface area contributed by atoms with E-state index in [1.807, 2.05) is 58.0 Å². The standard InChI is InChI=1S/C32H33NO6/c1-6-19-7-11-21(12-8-19)28-27(29(36)24-18-22(32(2,3)4)13-16-25(24)39-5)30(37)31(38)33(28)23-14-9-20(10-15-23)17-26(34)35/h7-16,18,28,36H,6,17H2,1-5H3,(H,34,35)/b29-27+. The Morgan fingerprint density at radius 2 is 1.54 bits per heavy atom. The third-order valence-corrected chi connectivity index (χ3v) is 7.04. The van der Waals surface area contributed by atoms with Gasteiger partial charge in [0.15, 0.2) is 0 Å². The maximum atomic E-state index is 13.6. The van der Waals surface area contributed by atoms with Crippen LogP contribution in [0.3, 0.4) is 0 Å². The molecule has 0 radical (unpaired) electrons. The number of carbonyl (C=O) groups excluding carboxylic acids is 2. The zero-order chi connectivity index (χ0) is 28.5. The van der Waals surface area contributed by atoms with Crippen molar-refractivity contribution in [1.29, 1.82) is 0 Å². The number of nitrogens with zero attached hydrogens (tertiary/aromatic N) is 1. The SMILES string of the molecule is CCc1ccc(C2/C(=C(\O)c3cc(C(C)(C)C)ccc3OC)C(=O)C(=O)N2c2ccc(CC(=O)O)cc2)cc1. The fourth-order valence-electron chi connectivity index (χ4n) is 4.80. The molecule has 1 fully saturated rings. The number of anilines is 1. The first-order chi connectivity index (χ1) is 18.5. The van der Waals surface area contributed by atoms with Crippen molar-refractivity contribution < 1.29 is 29.3 Å². The van der Waals surface area contributed by atoms with Crippen molar-refractivity contribution in [3.63, 3.8) is 0 Å². The highest BCUT2D eigenvalue weighted by Crippen LogP contribution is 2.44. The molecule has 1 amide bonds. The van der Waals surface area contributed by atoms with E-state index in [0.717, 1.165) is 17.5 Å². The number of hydrogen-bond acceptors (Lipinski definition) is 5. The van der Waals surface area contributed by atoms with Gasteiger partial charge in [0.05, 0.1) is 30.7 Å². The zero-order valence-electron chi connectivity index (χ0n) is 22.8. The average molecular weight is 528 g/mol. The number of aliphatic hydroxyl groups excluding tert-OH is 1. The fraction of sp³-hybridized carbons (Fsp3) is 0.281. The monoisotopic (exact) mass is 527 g/mol. The van der Waals surface area contributed by atoms with E-state index in [2.05, 4.69) is 0 Å². The number of carboxylic acid groups (broad SMARTS) is 1. The van der Waals surface area contributed by atoms with Gasteiger partial charge in [0.2, 0.25) is 0 Å². The van der Waals surface area contributed by atoms with Crippen LogP contribution in [0, 0.1) is 0 Å². The molecule has 0 aliphatic carbocycles. The van der Waals surface area contributed by atoms with Crippen molar-refractivity contribution in [2.45, 2.75) is 52.0 Å². The Morgan fingerprint density at radius 3 is 2.08 bits per heavy atom. The van der Waals surface area contributed by atoms with Crippen molar-refractivity contribution in [2.24, 2.45) is 0 Å². The summed E-state index contributed by atoms with van der Waals surface area (Å²) in [5, 5.41) is 20.8. The number of carboxylic acids is 1. The van der Waals surface area contributed by atoms with Gasteiger partial charge in [0, 0.05) is 5.69 Å². The number of rotatable bonds is 7. The average Bonchev–Trinajstić information content (AvgIpc) is 3.17. The van der Waals surface area contributed by atoms with E-state index in [4.69, 9.17) is 9.84 Å². The van der Waals surface area contributed by atoms with Crippen LogP contribution in [0.2, 0.25) is 0 Å². The lowest BCUT2D eigenvalue weighted by molar-refractivity contribution is -0.136. The van der Waals surface area contributed by atoms with Crippen LogP contribution in [0.15, 0.2) is 72.3 Å². The van der Waals surface area contributed by atoms with Gasteiger partial charge in [-0.1, -0.05) is 70.2 Å². The minimum atomic E-state index is -0.967. The molecule has 4 rings (SSSR count). The third-order valence-electron chi connectivity index (χ3n) is 7.04. The number of aliphatic carboxylic acids is 1. The van der Waals surface area contributed by atoms with Crippen molar-refractivity contribution in [1.82, 2.24) is 0 Å². The van der Waals surface area contributed by atoms with Gasteiger partial charge in [-0.3, -0.25) is 19.3 Å². The number of ether oxygens (including phenoxy) is 1. The first kappa shape index (κ1) is 27.6. The summed E-state index contributed by atoms with van der Waals surface area (Å²) in [7, 11) is 1.49. The second-order valence-corrected chi connectivity index (χ2v) is 10.7. The number of benzene rings is 3. The molecule has 1 unspecified atom stereocenters. The van der Waals surface area contributed by atoms with Gasteiger partial charge in [0.1, 0.15) is 11.5 Å². The Labute approximate surface area is 228 Å². The summed E-state index contributed by atoms with van der Waals surface area (Å²) in [4.78, 5) is 39.6. The van der Waals surface area contributed by atoms with Gasteiger partial charge >= 0.3 is 5.97 Å². The predicted molar refractivity (Wildman–Crippen MR) is 150 cm³/mol. The molecule has 1 saturated heterocycles. The second-order valence-electron chi connectivity index (χ2n) is 10.7. The van der Waals surface area contributed by atoms with E-state index < -0.39 is 23.7 Å². The molecule has 0 spiro atoms. The molecule has 2 N–H and O–H groups in total. The number of amides is 1. The lowest BCUT2D eigenvalue weighted by atomic mass is 9.85. The van der Waals surface area contributed by atoms with E-state index in [1.165, 1.54) is 12.0 Å². The number of hydrogen-bond donors (Lipinski definition) is 2. The Balaban J connectivity index is 1.94. The highest BCUT2D eigenvalue weighted by molar-refractivity contribution is 6.51. The highest BCUT2D eigenvalue weighted by Gasteiger charge is 2.47. The minimum absolute atomic E-state index is 0.0387. The van der Waals surface area contributed by atoms with Crippen LogP contribution in [0.25, 0.3) is 5.76 Å². The topological polar surface area (TPSA) is 104 Å². The van der Waals surface area contributed by atoms with E-state index in [1.54, 1.807) is 36.4 Å². The highest BCUT2D eigenvalue weighted by atomic mass is 16.5. The normalized spacial score (nSPS) is 16.9. The molecule has 202 valence electrons. The Hall–Kier alpha value is -4.39. The van der Waals surface area contributed by atoms with Crippen molar-refractivity contribution in [2.75, 3.05) is 12.0 Å². The maximum absolute atomic E-state index is 13.6. The van der Waals surface area contributed by atoms with Gasteiger partial charge in [-0.05, 0) is 58.4 Å². The molecular weight excluding hydrogens is 494 g/mol. The molecular formula is C32H33NO6. The Morgan fingerprint density at radius 1 is 0.923 bits per heavy atom. The molecule has 1 aliphatic heterocycles. The quantitative estimate of drug-likeness (QED) is 0.228. The lowest BCUT2D eigenvalue weighted by Crippen LogP contribution is -2.29. The predicted octanol–water partition coefficient (Wildman–Crippen LogP) is 5.81. The molecule has 3 aromatic rings. The molecule has 7 heteroatoms. The van der Waals surface area contributed by atoms with Gasteiger partial charge < -0.3 is 14.9 Å². The minimum Gasteiger partial charge on any atom is -0.507 e. The van der Waals surface area contributed by atoms with Crippen LogP contribution in [-0.4, -0.2) is 35.0 Å². The van der Waals surface area contributed by atoms with Crippen molar-refractivity contribution in [3.05, 3.63) is 100 Å². The summed E-state index contributed by atoms with van der Waals surface area (Å²) in [6.45, 7) is 8.16.